The fraction of sp³-hybridized carbons (Fsp3) is 0.727. The third-order valence-electron chi connectivity index (χ3n) is 2.85. The number of nitrogens with zero attached hydrogens (tertiary/aromatic N) is 2. The van der Waals surface area contributed by atoms with Gasteiger partial charge >= 0.3 is 0 Å². The van der Waals surface area contributed by atoms with E-state index in [4.69, 9.17) is 0 Å². The monoisotopic (exact) mass is 193 g/mol. The van der Waals surface area contributed by atoms with Crippen molar-refractivity contribution in [2.45, 2.75) is 52.1 Å². The number of rotatable bonds is 3. The number of hydrogen-bond donors (Lipinski definition) is 1. The molecule has 1 aliphatic carbocycles. The lowest BCUT2D eigenvalue weighted by atomic mass is 9.93. The van der Waals surface area contributed by atoms with Crippen LogP contribution in [0.1, 0.15) is 44.8 Å². The van der Waals surface area contributed by atoms with Crippen LogP contribution >= 0.6 is 0 Å². The van der Waals surface area contributed by atoms with Crippen LogP contribution < -0.4 is 5.32 Å². The zero-order valence-electron chi connectivity index (χ0n) is 9.25. The molecule has 78 valence electrons. The van der Waals surface area contributed by atoms with Gasteiger partial charge in [-0.3, -0.25) is 0 Å². The fourth-order valence-electron chi connectivity index (χ4n) is 1.75. The van der Waals surface area contributed by atoms with Gasteiger partial charge in [0.05, 0.1) is 5.69 Å². The van der Waals surface area contributed by atoms with E-state index < -0.39 is 0 Å². The van der Waals surface area contributed by atoms with Gasteiger partial charge in [-0.15, -0.1) is 0 Å². The molecule has 0 aromatic carbocycles. The molecule has 0 atom stereocenters. The molecule has 0 amide bonds. The maximum atomic E-state index is 4.51. The summed E-state index contributed by atoms with van der Waals surface area (Å²) in [6, 6.07) is 1.15. The van der Waals surface area contributed by atoms with Crippen molar-refractivity contribution in [2.75, 3.05) is 5.32 Å². The lowest BCUT2D eigenvalue weighted by Crippen LogP contribution is -2.28. The van der Waals surface area contributed by atoms with E-state index in [0.717, 1.165) is 11.6 Å². The predicted molar refractivity (Wildman–Crippen MR) is 58.6 cm³/mol. The first-order valence-electron chi connectivity index (χ1n) is 5.49. The molecular weight excluding hydrogens is 174 g/mol. The Morgan fingerprint density at radius 1 is 1.50 bits per heavy atom. The average Bonchev–Trinajstić information content (AvgIpc) is 2.39. The summed E-state index contributed by atoms with van der Waals surface area (Å²) in [5.74, 6) is 1.04. The molecular formula is C11H19N3. The van der Waals surface area contributed by atoms with Crippen LogP contribution in [0.4, 0.5) is 5.95 Å². The summed E-state index contributed by atoms with van der Waals surface area (Å²) in [4.78, 5) is 4.51. The van der Waals surface area contributed by atoms with E-state index in [2.05, 4.69) is 34.9 Å². The van der Waals surface area contributed by atoms with Gasteiger partial charge < -0.3 is 9.88 Å². The van der Waals surface area contributed by atoms with Gasteiger partial charge in [-0.25, -0.2) is 4.98 Å². The third-order valence-corrected chi connectivity index (χ3v) is 2.85. The van der Waals surface area contributed by atoms with Crippen LogP contribution in [0.15, 0.2) is 6.20 Å². The maximum absolute atomic E-state index is 4.51. The van der Waals surface area contributed by atoms with Crippen molar-refractivity contribution in [3.8, 4) is 0 Å². The van der Waals surface area contributed by atoms with Gasteiger partial charge in [-0.1, -0.05) is 0 Å². The van der Waals surface area contributed by atoms with Gasteiger partial charge in [-0.05, 0) is 40.0 Å². The highest BCUT2D eigenvalue weighted by atomic mass is 15.2. The van der Waals surface area contributed by atoms with Gasteiger partial charge in [0.25, 0.3) is 0 Å². The highest BCUT2D eigenvalue weighted by Crippen LogP contribution is 2.24. The molecule has 2 rings (SSSR count). The van der Waals surface area contributed by atoms with E-state index >= 15 is 0 Å². The van der Waals surface area contributed by atoms with E-state index in [1.54, 1.807) is 0 Å². The van der Waals surface area contributed by atoms with E-state index in [1.165, 1.54) is 19.3 Å². The first-order chi connectivity index (χ1) is 6.66. The SMILES string of the molecule is Cc1cn(C(C)C)c(NC2CCC2)n1. The van der Waals surface area contributed by atoms with Gasteiger partial charge in [0.15, 0.2) is 0 Å². The summed E-state index contributed by atoms with van der Waals surface area (Å²) in [5.41, 5.74) is 1.10. The van der Waals surface area contributed by atoms with Crippen LogP contribution in [-0.2, 0) is 0 Å². The van der Waals surface area contributed by atoms with Crippen LogP contribution in [0.2, 0.25) is 0 Å². The molecule has 1 aromatic heterocycles. The van der Waals surface area contributed by atoms with Gasteiger partial charge in [0.2, 0.25) is 5.95 Å². The highest BCUT2D eigenvalue weighted by Gasteiger charge is 2.19. The Bertz CT molecular complexity index is 310. The second-order valence-electron chi connectivity index (χ2n) is 4.48. The minimum atomic E-state index is 0.485. The van der Waals surface area contributed by atoms with Gasteiger partial charge in [0.1, 0.15) is 0 Å². The zero-order valence-corrected chi connectivity index (χ0v) is 9.25. The van der Waals surface area contributed by atoms with Crippen molar-refractivity contribution in [3.05, 3.63) is 11.9 Å². The van der Waals surface area contributed by atoms with Crippen molar-refractivity contribution in [1.29, 1.82) is 0 Å². The second kappa shape index (κ2) is 3.64. The van der Waals surface area contributed by atoms with E-state index in [-0.39, 0.29) is 0 Å². The van der Waals surface area contributed by atoms with Crippen LogP contribution in [0.5, 0.6) is 0 Å². The minimum absolute atomic E-state index is 0.485. The second-order valence-corrected chi connectivity index (χ2v) is 4.48. The van der Waals surface area contributed by atoms with Crippen molar-refractivity contribution in [2.24, 2.45) is 0 Å². The lowest BCUT2D eigenvalue weighted by molar-refractivity contribution is 0.439. The first kappa shape index (κ1) is 9.56. The lowest BCUT2D eigenvalue weighted by Gasteiger charge is -2.27. The van der Waals surface area contributed by atoms with Crippen molar-refractivity contribution in [3.63, 3.8) is 0 Å². The Hall–Kier alpha value is -0.990. The molecule has 0 radical (unpaired) electrons. The van der Waals surface area contributed by atoms with E-state index in [0.29, 0.717) is 12.1 Å². The minimum Gasteiger partial charge on any atom is -0.353 e. The molecule has 1 N–H and O–H groups in total. The van der Waals surface area contributed by atoms with Crippen molar-refractivity contribution < 1.29 is 0 Å². The molecule has 3 heteroatoms. The first-order valence-corrected chi connectivity index (χ1v) is 5.49. The number of anilines is 1. The summed E-state index contributed by atoms with van der Waals surface area (Å²) in [7, 11) is 0. The summed E-state index contributed by atoms with van der Waals surface area (Å²) < 4.78 is 2.22. The fourth-order valence-corrected chi connectivity index (χ4v) is 1.75. The quantitative estimate of drug-likeness (QED) is 0.800. The number of aryl methyl sites for hydroxylation is 1. The molecule has 1 aliphatic rings. The summed E-state index contributed by atoms with van der Waals surface area (Å²) in [5, 5.41) is 3.50. The smallest absolute Gasteiger partial charge is 0.203 e. The average molecular weight is 193 g/mol. The van der Waals surface area contributed by atoms with Crippen LogP contribution in [0.25, 0.3) is 0 Å². The molecule has 1 saturated carbocycles. The third kappa shape index (κ3) is 1.76. The Morgan fingerprint density at radius 3 is 2.71 bits per heavy atom. The van der Waals surface area contributed by atoms with E-state index in [9.17, 15) is 0 Å². The highest BCUT2D eigenvalue weighted by molar-refractivity contribution is 5.31. The molecule has 1 fully saturated rings. The molecule has 1 heterocycles. The molecule has 0 bridgehead atoms. The molecule has 0 spiro atoms. The summed E-state index contributed by atoms with van der Waals surface area (Å²) in [6.45, 7) is 6.42. The van der Waals surface area contributed by atoms with Crippen molar-refractivity contribution >= 4 is 5.95 Å². The Morgan fingerprint density at radius 2 is 2.21 bits per heavy atom. The number of aromatic nitrogens is 2. The number of imidazole rings is 1. The van der Waals surface area contributed by atoms with Crippen molar-refractivity contribution in [1.82, 2.24) is 9.55 Å². The molecule has 0 unspecified atom stereocenters. The molecule has 14 heavy (non-hydrogen) atoms. The zero-order chi connectivity index (χ0) is 10.1. The Kier molecular flexibility index (Phi) is 2.48. The Balaban J connectivity index is 2.13. The maximum Gasteiger partial charge on any atom is 0.203 e. The Labute approximate surface area is 85.5 Å². The largest absolute Gasteiger partial charge is 0.353 e. The van der Waals surface area contributed by atoms with Crippen LogP contribution in [0, 0.1) is 6.92 Å². The summed E-state index contributed by atoms with van der Waals surface area (Å²) in [6.07, 6.45) is 6.07. The number of hydrogen-bond acceptors (Lipinski definition) is 2. The van der Waals surface area contributed by atoms with E-state index in [1.807, 2.05) is 6.92 Å². The van der Waals surface area contributed by atoms with Gasteiger partial charge in [-0.2, -0.15) is 0 Å². The summed E-state index contributed by atoms with van der Waals surface area (Å²) >= 11 is 0. The standard InChI is InChI=1S/C11H19N3/c1-8(2)14-7-9(3)12-11(14)13-10-5-4-6-10/h7-8,10H,4-6H2,1-3H3,(H,12,13). The van der Waals surface area contributed by atoms with Gasteiger partial charge in [0, 0.05) is 18.3 Å². The molecule has 0 saturated heterocycles. The number of nitrogens with one attached hydrogen (secondary N) is 1. The topological polar surface area (TPSA) is 29.9 Å². The molecule has 3 nitrogen and oxygen atoms in total. The predicted octanol–water partition coefficient (Wildman–Crippen LogP) is 2.74. The molecule has 1 aromatic rings. The normalized spacial score (nSPS) is 17.1. The molecule has 0 aliphatic heterocycles. The van der Waals surface area contributed by atoms with Crippen LogP contribution in [0.3, 0.4) is 0 Å². The van der Waals surface area contributed by atoms with Crippen LogP contribution in [-0.4, -0.2) is 15.6 Å².